The van der Waals surface area contributed by atoms with E-state index in [1.807, 2.05) is 12.1 Å². The van der Waals surface area contributed by atoms with Gasteiger partial charge in [0.05, 0.1) is 6.10 Å². The lowest BCUT2D eigenvalue weighted by Gasteiger charge is -2.12. The van der Waals surface area contributed by atoms with Crippen molar-refractivity contribution in [1.82, 2.24) is 5.32 Å². The largest absolute Gasteiger partial charge is 0.387 e. The van der Waals surface area contributed by atoms with Crippen LogP contribution in [0.1, 0.15) is 17.2 Å². The molecular formula is C15H14Cl2FNO. The molecule has 0 saturated heterocycles. The summed E-state index contributed by atoms with van der Waals surface area (Å²) >= 11 is 11.8. The molecule has 0 aliphatic rings. The zero-order chi connectivity index (χ0) is 14.5. The van der Waals surface area contributed by atoms with Gasteiger partial charge in [0.15, 0.2) is 0 Å². The van der Waals surface area contributed by atoms with Gasteiger partial charge in [-0.3, -0.25) is 0 Å². The molecular weight excluding hydrogens is 300 g/mol. The van der Waals surface area contributed by atoms with Gasteiger partial charge in [-0.15, -0.1) is 0 Å². The molecule has 0 aromatic heterocycles. The van der Waals surface area contributed by atoms with Crippen LogP contribution in [0.4, 0.5) is 4.39 Å². The molecule has 2 rings (SSSR count). The summed E-state index contributed by atoms with van der Waals surface area (Å²) in [4.78, 5) is 0. The molecule has 0 aliphatic carbocycles. The Hall–Kier alpha value is -1.13. The van der Waals surface area contributed by atoms with E-state index in [1.165, 1.54) is 12.1 Å². The van der Waals surface area contributed by atoms with E-state index in [2.05, 4.69) is 5.32 Å². The molecule has 0 saturated carbocycles. The lowest BCUT2D eigenvalue weighted by molar-refractivity contribution is 0.174. The number of hydrogen-bond acceptors (Lipinski definition) is 2. The molecule has 0 fully saturated rings. The predicted octanol–water partition coefficient (Wildman–Crippen LogP) is 3.96. The van der Waals surface area contributed by atoms with Gasteiger partial charge < -0.3 is 10.4 Å². The van der Waals surface area contributed by atoms with Crippen LogP contribution >= 0.6 is 23.2 Å². The molecule has 0 bridgehead atoms. The van der Waals surface area contributed by atoms with E-state index in [0.29, 0.717) is 28.7 Å². The molecule has 0 aliphatic heterocycles. The molecule has 0 amide bonds. The fourth-order valence-corrected chi connectivity index (χ4v) is 2.44. The standard InChI is InChI=1S/C15H14Cl2FNO/c16-12-5-10(6-13(17)7-12)8-19-9-15(20)11-1-3-14(18)4-2-11/h1-7,15,19-20H,8-9H2. The summed E-state index contributed by atoms with van der Waals surface area (Å²) in [7, 11) is 0. The van der Waals surface area contributed by atoms with Crippen LogP contribution in [0.25, 0.3) is 0 Å². The number of aliphatic hydroxyl groups is 1. The smallest absolute Gasteiger partial charge is 0.123 e. The van der Waals surface area contributed by atoms with E-state index in [1.54, 1.807) is 18.2 Å². The maximum atomic E-state index is 12.8. The molecule has 1 atom stereocenters. The second-order valence-electron chi connectivity index (χ2n) is 4.48. The third-order valence-corrected chi connectivity index (χ3v) is 3.28. The van der Waals surface area contributed by atoms with Crippen LogP contribution < -0.4 is 5.32 Å². The average Bonchev–Trinajstić information content (AvgIpc) is 2.38. The van der Waals surface area contributed by atoms with E-state index in [0.717, 1.165) is 5.56 Å². The van der Waals surface area contributed by atoms with Gasteiger partial charge in [-0.1, -0.05) is 35.3 Å². The van der Waals surface area contributed by atoms with Crippen LogP contribution in [0.2, 0.25) is 10.0 Å². The first-order valence-corrected chi connectivity index (χ1v) is 6.89. The quantitative estimate of drug-likeness (QED) is 0.876. The van der Waals surface area contributed by atoms with Gasteiger partial charge in [-0.05, 0) is 41.5 Å². The van der Waals surface area contributed by atoms with Crippen molar-refractivity contribution in [1.29, 1.82) is 0 Å². The zero-order valence-corrected chi connectivity index (χ0v) is 12.1. The summed E-state index contributed by atoms with van der Waals surface area (Å²) in [6.07, 6.45) is -0.690. The van der Waals surface area contributed by atoms with Gasteiger partial charge in [0.1, 0.15) is 5.82 Å². The molecule has 2 N–H and O–H groups in total. The first-order valence-electron chi connectivity index (χ1n) is 6.14. The van der Waals surface area contributed by atoms with Crippen molar-refractivity contribution in [2.75, 3.05) is 6.54 Å². The first-order chi connectivity index (χ1) is 9.54. The molecule has 0 heterocycles. The van der Waals surface area contributed by atoms with Gasteiger partial charge in [0, 0.05) is 23.1 Å². The average molecular weight is 314 g/mol. The highest BCUT2D eigenvalue weighted by Crippen LogP contribution is 2.19. The highest BCUT2D eigenvalue weighted by Gasteiger charge is 2.07. The second-order valence-corrected chi connectivity index (χ2v) is 5.35. The first kappa shape index (κ1) is 15.3. The van der Waals surface area contributed by atoms with Crippen LogP contribution in [0.15, 0.2) is 42.5 Å². The minimum atomic E-state index is -0.690. The Kier molecular flexibility index (Phi) is 5.38. The van der Waals surface area contributed by atoms with Crippen LogP contribution in [0.3, 0.4) is 0 Å². The summed E-state index contributed by atoms with van der Waals surface area (Å²) in [6, 6.07) is 11.1. The third kappa shape index (κ3) is 4.46. The van der Waals surface area contributed by atoms with Crippen molar-refractivity contribution >= 4 is 23.2 Å². The monoisotopic (exact) mass is 313 g/mol. The van der Waals surface area contributed by atoms with E-state index >= 15 is 0 Å². The molecule has 20 heavy (non-hydrogen) atoms. The Bertz CT molecular complexity index is 554. The highest BCUT2D eigenvalue weighted by molar-refractivity contribution is 6.34. The van der Waals surface area contributed by atoms with Crippen molar-refractivity contribution in [2.24, 2.45) is 0 Å². The van der Waals surface area contributed by atoms with E-state index in [9.17, 15) is 9.50 Å². The van der Waals surface area contributed by atoms with Gasteiger partial charge in [0.2, 0.25) is 0 Å². The topological polar surface area (TPSA) is 32.3 Å². The molecule has 0 spiro atoms. The fraction of sp³-hybridized carbons (Fsp3) is 0.200. The molecule has 2 aromatic carbocycles. The molecule has 0 radical (unpaired) electrons. The van der Waals surface area contributed by atoms with Crippen molar-refractivity contribution in [3.05, 3.63) is 69.5 Å². The number of hydrogen-bond donors (Lipinski definition) is 2. The van der Waals surface area contributed by atoms with Gasteiger partial charge in [0.25, 0.3) is 0 Å². The zero-order valence-electron chi connectivity index (χ0n) is 10.6. The number of benzene rings is 2. The number of rotatable bonds is 5. The number of halogens is 3. The molecule has 2 aromatic rings. The third-order valence-electron chi connectivity index (χ3n) is 2.84. The lowest BCUT2D eigenvalue weighted by atomic mass is 10.1. The second kappa shape index (κ2) is 7.04. The molecule has 1 unspecified atom stereocenters. The lowest BCUT2D eigenvalue weighted by Crippen LogP contribution is -2.21. The van der Waals surface area contributed by atoms with Gasteiger partial charge in [-0.25, -0.2) is 4.39 Å². The van der Waals surface area contributed by atoms with E-state index in [-0.39, 0.29) is 5.82 Å². The van der Waals surface area contributed by atoms with Crippen LogP contribution in [-0.4, -0.2) is 11.7 Å². The SMILES string of the molecule is OC(CNCc1cc(Cl)cc(Cl)c1)c1ccc(F)cc1. The molecule has 5 heteroatoms. The van der Waals surface area contributed by atoms with Crippen molar-refractivity contribution in [2.45, 2.75) is 12.6 Å². The Morgan fingerprint density at radius 2 is 1.65 bits per heavy atom. The van der Waals surface area contributed by atoms with Crippen LogP contribution in [0, 0.1) is 5.82 Å². The van der Waals surface area contributed by atoms with Crippen molar-refractivity contribution in [3.63, 3.8) is 0 Å². The van der Waals surface area contributed by atoms with Crippen LogP contribution in [0.5, 0.6) is 0 Å². The van der Waals surface area contributed by atoms with E-state index in [4.69, 9.17) is 23.2 Å². The normalized spacial score (nSPS) is 12.4. The predicted molar refractivity (Wildman–Crippen MR) is 79.5 cm³/mol. The summed E-state index contributed by atoms with van der Waals surface area (Å²) < 4.78 is 12.8. The highest BCUT2D eigenvalue weighted by atomic mass is 35.5. The Balaban J connectivity index is 1.87. The Labute approximate surface area is 127 Å². The summed E-state index contributed by atoms with van der Waals surface area (Å²) in [5.41, 5.74) is 1.61. The van der Waals surface area contributed by atoms with Crippen LogP contribution in [-0.2, 0) is 6.54 Å². The summed E-state index contributed by atoms with van der Waals surface area (Å²) in [5, 5.41) is 14.2. The van der Waals surface area contributed by atoms with Gasteiger partial charge >= 0.3 is 0 Å². The van der Waals surface area contributed by atoms with Crippen molar-refractivity contribution < 1.29 is 9.50 Å². The van der Waals surface area contributed by atoms with Crippen molar-refractivity contribution in [3.8, 4) is 0 Å². The summed E-state index contributed by atoms with van der Waals surface area (Å²) in [6.45, 7) is 0.897. The van der Waals surface area contributed by atoms with Gasteiger partial charge in [-0.2, -0.15) is 0 Å². The van der Waals surface area contributed by atoms with E-state index < -0.39 is 6.10 Å². The Morgan fingerprint density at radius 3 is 2.25 bits per heavy atom. The maximum Gasteiger partial charge on any atom is 0.123 e. The molecule has 106 valence electrons. The maximum absolute atomic E-state index is 12.8. The minimum absolute atomic E-state index is 0.317. The fourth-order valence-electron chi connectivity index (χ4n) is 1.87. The minimum Gasteiger partial charge on any atom is -0.387 e. The molecule has 2 nitrogen and oxygen atoms in total. The number of aliphatic hydroxyl groups excluding tert-OH is 1. The summed E-state index contributed by atoms with van der Waals surface area (Å²) in [5.74, 6) is -0.317. The Morgan fingerprint density at radius 1 is 1.05 bits per heavy atom. The number of nitrogens with one attached hydrogen (secondary N) is 1.